The Balaban J connectivity index is 1.66. The number of hydrogen-bond acceptors (Lipinski definition) is 6. The molecule has 7 heteroatoms. The molecule has 2 aromatic rings. The number of nitrogens with zero attached hydrogens (tertiary/aromatic N) is 4. The first-order valence-electron chi connectivity index (χ1n) is 7.37. The van der Waals surface area contributed by atoms with Gasteiger partial charge in [-0.25, -0.2) is 4.90 Å². The highest BCUT2D eigenvalue weighted by molar-refractivity contribution is 7.18. The second-order valence-electron chi connectivity index (χ2n) is 5.64. The summed E-state index contributed by atoms with van der Waals surface area (Å²) in [6.45, 7) is 0. The predicted octanol–water partition coefficient (Wildman–Crippen LogP) is 2.28. The molecule has 2 aromatic heterocycles. The normalized spacial score (nSPS) is 24.6. The first-order chi connectivity index (χ1) is 10.8. The van der Waals surface area contributed by atoms with Crippen molar-refractivity contribution in [1.82, 2.24) is 15.2 Å². The van der Waals surface area contributed by atoms with Crippen LogP contribution in [0.4, 0.5) is 5.13 Å². The van der Waals surface area contributed by atoms with E-state index in [1.807, 2.05) is 12.1 Å². The average Bonchev–Trinajstić information content (AvgIpc) is 3.13. The van der Waals surface area contributed by atoms with Gasteiger partial charge in [-0.05, 0) is 25.0 Å². The first-order valence-corrected chi connectivity index (χ1v) is 8.19. The van der Waals surface area contributed by atoms with Gasteiger partial charge in [0.15, 0.2) is 0 Å². The van der Waals surface area contributed by atoms with E-state index in [1.165, 1.54) is 16.2 Å². The van der Waals surface area contributed by atoms with Gasteiger partial charge in [-0.2, -0.15) is 0 Å². The quantitative estimate of drug-likeness (QED) is 0.795. The molecular weight excluding hydrogens is 300 g/mol. The molecule has 0 radical (unpaired) electrons. The van der Waals surface area contributed by atoms with E-state index >= 15 is 0 Å². The van der Waals surface area contributed by atoms with E-state index in [-0.39, 0.29) is 23.7 Å². The van der Waals surface area contributed by atoms with E-state index in [0.29, 0.717) is 10.1 Å². The van der Waals surface area contributed by atoms with Crippen LogP contribution in [0.15, 0.2) is 24.5 Å². The topological polar surface area (TPSA) is 76.1 Å². The van der Waals surface area contributed by atoms with Crippen molar-refractivity contribution in [2.24, 2.45) is 11.8 Å². The smallest absolute Gasteiger partial charge is 0.239 e. The fraction of sp³-hybridized carbons (Fsp3) is 0.400. The van der Waals surface area contributed by atoms with Crippen molar-refractivity contribution in [2.45, 2.75) is 25.7 Å². The number of imide groups is 1. The van der Waals surface area contributed by atoms with Gasteiger partial charge in [-0.3, -0.25) is 14.6 Å². The van der Waals surface area contributed by atoms with Gasteiger partial charge in [0.2, 0.25) is 16.9 Å². The Kier molecular flexibility index (Phi) is 3.22. The summed E-state index contributed by atoms with van der Waals surface area (Å²) >= 11 is 1.27. The van der Waals surface area contributed by atoms with Crippen molar-refractivity contribution in [2.75, 3.05) is 4.90 Å². The van der Waals surface area contributed by atoms with Crippen LogP contribution in [0.25, 0.3) is 10.6 Å². The average molecular weight is 314 g/mol. The lowest BCUT2D eigenvalue weighted by atomic mass is 9.81. The summed E-state index contributed by atoms with van der Waals surface area (Å²) in [5.74, 6) is -0.525. The van der Waals surface area contributed by atoms with Crippen molar-refractivity contribution < 1.29 is 9.59 Å². The molecular formula is C15H14N4O2S. The standard InChI is InChI=1S/C15H14N4O2S/c20-13-10-3-1-2-4-11(10)14(21)19(13)15-18-17-12(22-15)9-5-7-16-8-6-9/h5-8,10-11H,1-4H2/t10-,11-/m1/s1. The highest BCUT2D eigenvalue weighted by atomic mass is 32.1. The molecule has 0 N–H and O–H groups in total. The maximum absolute atomic E-state index is 12.5. The Hall–Kier alpha value is -2.15. The van der Waals surface area contributed by atoms with Crippen molar-refractivity contribution in [1.29, 1.82) is 0 Å². The second-order valence-corrected chi connectivity index (χ2v) is 6.59. The van der Waals surface area contributed by atoms with Crippen LogP contribution < -0.4 is 4.90 Å². The number of fused-ring (bicyclic) bond motifs is 1. The lowest BCUT2D eigenvalue weighted by Crippen LogP contribution is -2.30. The third kappa shape index (κ3) is 2.04. The zero-order valence-electron chi connectivity index (χ0n) is 11.8. The second kappa shape index (κ2) is 5.24. The molecule has 0 bridgehead atoms. The molecule has 4 rings (SSSR count). The maximum Gasteiger partial charge on any atom is 0.239 e. The highest BCUT2D eigenvalue weighted by Crippen LogP contribution is 2.41. The minimum absolute atomic E-state index is 0.105. The first kappa shape index (κ1) is 13.5. The monoisotopic (exact) mass is 314 g/mol. The van der Waals surface area contributed by atoms with Gasteiger partial charge in [-0.1, -0.05) is 24.2 Å². The Morgan fingerprint density at radius 3 is 2.27 bits per heavy atom. The summed E-state index contributed by atoms with van der Waals surface area (Å²) in [6.07, 6.45) is 7.01. The van der Waals surface area contributed by atoms with Crippen LogP contribution in [0.1, 0.15) is 25.7 Å². The number of carbonyl (C=O) groups excluding carboxylic acids is 2. The molecule has 1 saturated carbocycles. The van der Waals surface area contributed by atoms with Crippen LogP contribution >= 0.6 is 11.3 Å². The van der Waals surface area contributed by atoms with Crippen molar-refractivity contribution >= 4 is 28.3 Å². The fourth-order valence-corrected chi connectivity index (χ4v) is 4.13. The molecule has 1 aliphatic carbocycles. The summed E-state index contributed by atoms with van der Waals surface area (Å²) < 4.78 is 0. The van der Waals surface area contributed by atoms with E-state index < -0.39 is 0 Å². The molecule has 0 spiro atoms. The molecule has 3 heterocycles. The molecule has 6 nitrogen and oxygen atoms in total. The number of aromatic nitrogens is 3. The maximum atomic E-state index is 12.5. The van der Waals surface area contributed by atoms with Crippen LogP contribution in [0, 0.1) is 11.8 Å². The molecule has 2 aliphatic rings. The zero-order chi connectivity index (χ0) is 15.1. The third-order valence-corrected chi connectivity index (χ3v) is 5.33. The minimum Gasteiger partial charge on any atom is -0.274 e. The minimum atomic E-state index is -0.158. The van der Waals surface area contributed by atoms with Crippen LogP contribution in [-0.2, 0) is 9.59 Å². The van der Waals surface area contributed by atoms with E-state index in [4.69, 9.17) is 0 Å². The van der Waals surface area contributed by atoms with E-state index in [9.17, 15) is 9.59 Å². The molecule has 2 fully saturated rings. The number of pyridine rings is 1. The van der Waals surface area contributed by atoms with Crippen LogP contribution in [0.2, 0.25) is 0 Å². The van der Waals surface area contributed by atoms with Gasteiger partial charge >= 0.3 is 0 Å². The SMILES string of the molecule is O=C1[C@@H]2CCCC[C@H]2C(=O)N1c1nnc(-c2ccncc2)s1. The van der Waals surface area contributed by atoms with E-state index in [2.05, 4.69) is 15.2 Å². The van der Waals surface area contributed by atoms with Gasteiger partial charge in [-0.15, -0.1) is 10.2 Å². The zero-order valence-corrected chi connectivity index (χ0v) is 12.6. The molecule has 22 heavy (non-hydrogen) atoms. The van der Waals surface area contributed by atoms with Gasteiger partial charge < -0.3 is 0 Å². The van der Waals surface area contributed by atoms with Crippen molar-refractivity contribution in [3.05, 3.63) is 24.5 Å². The largest absolute Gasteiger partial charge is 0.274 e. The Morgan fingerprint density at radius 1 is 1.00 bits per heavy atom. The molecule has 2 atom stereocenters. The molecule has 1 aliphatic heterocycles. The van der Waals surface area contributed by atoms with E-state index in [0.717, 1.165) is 31.2 Å². The summed E-state index contributed by atoms with van der Waals surface area (Å²) in [5, 5.41) is 9.25. The van der Waals surface area contributed by atoms with Crippen LogP contribution in [0.3, 0.4) is 0 Å². The highest BCUT2D eigenvalue weighted by Gasteiger charge is 2.49. The summed E-state index contributed by atoms with van der Waals surface area (Å²) in [7, 11) is 0. The Morgan fingerprint density at radius 2 is 1.64 bits per heavy atom. The summed E-state index contributed by atoms with van der Waals surface area (Å²) in [4.78, 5) is 30.3. The number of carbonyl (C=O) groups is 2. The summed E-state index contributed by atoms with van der Waals surface area (Å²) in [5.41, 5.74) is 0.885. The van der Waals surface area contributed by atoms with E-state index in [1.54, 1.807) is 12.4 Å². The molecule has 0 unspecified atom stereocenters. The predicted molar refractivity (Wildman–Crippen MR) is 81.1 cm³/mol. The van der Waals surface area contributed by atoms with Gasteiger partial charge in [0.05, 0.1) is 11.8 Å². The number of anilines is 1. The fourth-order valence-electron chi connectivity index (χ4n) is 3.27. The van der Waals surface area contributed by atoms with Gasteiger partial charge in [0, 0.05) is 18.0 Å². The lowest BCUT2D eigenvalue weighted by Gasteiger charge is -2.19. The Bertz CT molecular complexity index is 706. The molecule has 112 valence electrons. The molecule has 2 amide bonds. The molecule has 0 aromatic carbocycles. The van der Waals surface area contributed by atoms with Crippen molar-refractivity contribution in [3.63, 3.8) is 0 Å². The summed E-state index contributed by atoms with van der Waals surface area (Å²) in [6, 6.07) is 3.66. The number of hydrogen-bond donors (Lipinski definition) is 0. The number of amides is 2. The Labute approximate surface area is 131 Å². The van der Waals surface area contributed by atoms with Crippen molar-refractivity contribution in [3.8, 4) is 10.6 Å². The molecule has 1 saturated heterocycles. The van der Waals surface area contributed by atoms with Crippen LogP contribution in [-0.4, -0.2) is 27.0 Å². The van der Waals surface area contributed by atoms with Gasteiger partial charge in [0.1, 0.15) is 5.01 Å². The van der Waals surface area contributed by atoms with Gasteiger partial charge in [0.25, 0.3) is 0 Å². The van der Waals surface area contributed by atoms with Crippen LogP contribution in [0.5, 0.6) is 0 Å². The lowest BCUT2D eigenvalue weighted by molar-refractivity contribution is -0.122. The third-order valence-electron chi connectivity index (χ3n) is 4.37. The number of rotatable bonds is 2.